The van der Waals surface area contributed by atoms with Gasteiger partial charge in [0.2, 0.25) is 0 Å². The van der Waals surface area contributed by atoms with Crippen LogP contribution in [0.25, 0.3) is 0 Å². The molecule has 0 heterocycles. The van der Waals surface area contributed by atoms with Crippen molar-refractivity contribution in [2.75, 3.05) is 27.4 Å². The Kier molecular flexibility index (Phi) is 5.81. The molecule has 0 unspecified atom stereocenters. The Morgan fingerprint density at radius 2 is 1.79 bits per heavy atom. The van der Waals surface area contributed by atoms with E-state index in [1.54, 1.807) is 7.11 Å². The van der Waals surface area contributed by atoms with Gasteiger partial charge in [-0.05, 0) is 18.2 Å². The normalized spacial score (nSPS) is 10.0. The Balaban J connectivity index is 2.87. The molecule has 0 aliphatic carbocycles. The number of ether oxygens (including phenoxy) is 3. The summed E-state index contributed by atoms with van der Waals surface area (Å²) >= 11 is 0. The third kappa shape index (κ3) is 4.59. The highest BCUT2D eigenvalue weighted by molar-refractivity contribution is 5.95. The van der Waals surface area contributed by atoms with Gasteiger partial charge in [-0.2, -0.15) is 0 Å². The summed E-state index contributed by atoms with van der Waals surface area (Å²) in [5.41, 5.74) is 0.119. The Morgan fingerprint density at radius 3 is 2.37 bits per heavy atom. The van der Waals surface area contributed by atoms with Gasteiger partial charge in [0.05, 0.1) is 24.8 Å². The monoisotopic (exact) mass is 268 g/mol. The second kappa shape index (κ2) is 7.38. The molecule has 0 bridgehead atoms. The number of methoxy groups -OCH3 is 2. The molecule has 0 atom stereocenters. The number of carbonyl (C=O) groups excluding carboxylic acids is 1. The maximum absolute atomic E-state index is 11.4. The summed E-state index contributed by atoms with van der Waals surface area (Å²) in [6.07, 6.45) is 0.668. The van der Waals surface area contributed by atoms with E-state index in [1.807, 2.05) is 0 Å². The number of carboxylic acids is 1. The zero-order chi connectivity index (χ0) is 14.3. The minimum atomic E-state index is -1.13. The lowest BCUT2D eigenvalue weighted by atomic mass is 10.1. The van der Waals surface area contributed by atoms with Gasteiger partial charge in [0.1, 0.15) is 5.75 Å². The van der Waals surface area contributed by atoms with Crippen LogP contribution in [0.1, 0.15) is 27.1 Å². The molecular weight excluding hydrogens is 252 g/mol. The van der Waals surface area contributed by atoms with E-state index < -0.39 is 11.9 Å². The van der Waals surface area contributed by atoms with Crippen LogP contribution in [0.5, 0.6) is 5.75 Å². The third-order valence-corrected chi connectivity index (χ3v) is 2.34. The van der Waals surface area contributed by atoms with E-state index in [0.717, 1.165) is 0 Å². The largest absolute Gasteiger partial charge is 0.493 e. The molecule has 0 saturated carbocycles. The van der Waals surface area contributed by atoms with E-state index in [1.165, 1.54) is 25.3 Å². The SMILES string of the molecule is COCCCOc1cc(C(=O)O)cc(C(=O)OC)c1. The van der Waals surface area contributed by atoms with Gasteiger partial charge in [-0.25, -0.2) is 9.59 Å². The highest BCUT2D eigenvalue weighted by Gasteiger charge is 2.13. The summed E-state index contributed by atoms with van der Waals surface area (Å²) in [5, 5.41) is 8.97. The molecule has 0 fully saturated rings. The molecule has 104 valence electrons. The molecule has 6 nitrogen and oxygen atoms in total. The van der Waals surface area contributed by atoms with Crippen molar-refractivity contribution in [3.63, 3.8) is 0 Å². The van der Waals surface area contributed by atoms with Gasteiger partial charge < -0.3 is 19.3 Å². The second-order valence-corrected chi connectivity index (χ2v) is 3.74. The van der Waals surface area contributed by atoms with Crippen molar-refractivity contribution in [1.29, 1.82) is 0 Å². The third-order valence-electron chi connectivity index (χ3n) is 2.34. The summed E-state index contributed by atoms with van der Waals surface area (Å²) in [6, 6.07) is 4.06. The standard InChI is InChI=1S/C13H16O6/c1-17-4-3-5-19-11-7-9(12(14)15)6-10(8-11)13(16)18-2/h6-8H,3-5H2,1-2H3,(H,14,15). The molecule has 0 aromatic heterocycles. The summed E-state index contributed by atoms with van der Waals surface area (Å²) in [4.78, 5) is 22.4. The number of carbonyl (C=O) groups is 2. The van der Waals surface area contributed by atoms with Crippen molar-refractivity contribution >= 4 is 11.9 Å². The first kappa shape index (κ1) is 15.0. The van der Waals surface area contributed by atoms with Gasteiger partial charge in [0.25, 0.3) is 0 Å². The number of rotatable bonds is 7. The average Bonchev–Trinajstić information content (AvgIpc) is 2.42. The van der Waals surface area contributed by atoms with Gasteiger partial charge in [-0.1, -0.05) is 0 Å². The fourth-order valence-electron chi connectivity index (χ4n) is 1.43. The van der Waals surface area contributed by atoms with E-state index in [2.05, 4.69) is 4.74 Å². The maximum Gasteiger partial charge on any atom is 0.338 e. The predicted octanol–water partition coefficient (Wildman–Crippen LogP) is 1.59. The molecular formula is C13H16O6. The van der Waals surface area contributed by atoms with Crippen molar-refractivity contribution in [2.45, 2.75) is 6.42 Å². The van der Waals surface area contributed by atoms with Gasteiger partial charge in [0, 0.05) is 20.1 Å². The van der Waals surface area contributed by atoms with Crippen molar-refractivity contribution in [3.05, 3.63) is 29.3 Å². The maximum atomic E-state index is 11.4. The number of aromatic carboxylic acids is 1. The van der Waals surface area contributed by atoms with Crippen LogP contribution in [0.3, 0.4) is 0 Å². The predicted molar refractivity (Wildman–Crippen MR) is 66.7 cm³/mol. The van der Waals surface area contributed by atoms with Gasteiger partial charge >= 0.3 is 11.9 Å². The highest BCUT2D eigenvalue weighted by Crippen LogP contribution is 2.18. The summed E-state index contributed by atoms with van der Waals surface area (Å²) < 4.78 is 14.8. The second-order valence-electron chi connectivity index (χ2n) is 3.74. The zero-order valence-electron chi connectivity index (χ0n) is 10.8. The highest BCUT2D eigenvalue weighted by atomic mass is 16.5. The van der Waals surface area contributed by atoms with Crippen LogP contribution in [0.2, 0.25) is 0 Å². The van der Waals surface area contributed by atoms with Crippen molar-refractivity contribution in [2.24, 2.45) is 0 Å². The average molecular weight is 268 g/mol. The molecule has 0 spiro atoms. The Hall–Kier alpha value is -2.08. The fraction of sp³-hybridized carbons (Fsp3) is 0.385. The molecule has 0 saturated heterocycles. The van der Waals surface area contributed by atoms with E-state index in [0.29, 0.717) is 25.4 Å². The number of hydrogen-bond donors (Lipinski definition) is 1. The first-order chi connectivity index (χ1) is 9.08. The summed E-state index contributed by atoms with van der Waals surface area (Å²) in [7, 11) is 2.81. The van der Waals surface area contributed by atoms with Crippen LogP contribution in [-0.2, 0) is 9.47 Å². The molecule has 1 N–H and O–H groups in total. The number of esters is 1. The van der Waals surface area contributed by atoms with Crippen molar-refractivity contribution in [3.8, 4) is 5.75 Å². The van der Waals surface area contributed by atoms with Gasteiger partial charge in [-0.3, -0.25) is 0 Å². The lowest BCUT2D eigenvalue weighted by Gasteiger charge is -2.08. The topological polar surface area (TPSA) is 82.1 Å². The van der Waals surface area contributed by atoms with Crippen LogP contribution in [0.4, 0.5) is 0 Å². The van der Waals surface area contributed by atoms with Crippen LogP contribution in [0, 0.1) is 0 Å². The Labute approximate surface area is 110 Å². The van der Waals surface area contributed by atoms with Crippen LogP contribution < -0.4 is 4.74 Å². The molecule has 19 heavy (non-hydrogen) atoms. The van der Waals surface area contributed by atoms with Crippen LogP contribution in [0.15, 0.2) is 18.2 Å². The Morgan fingerprint density at radius 1 is 1.11 bits per heavy atom. The summed E-state index contributed by atoms with van der Waals surface area (Å²) in [6.45, 7) is 0.917. The molecule has 6 heteroatoms. The number of carboxylic acid groups (broad SMARTS) is 1. The molecule has 1 aromatic rings. The molecule has 0 aliphatic heterocycles. The molecule has 1 rings (SSSR count). The van der Waals surface area contributed by atoms with E-state index in [4.69, 9.17) is 14.6 Å². The minimum Gasteiger partial charge on any atom is -0.493 e. The first-order valence-electron chi connectivity index (χ1n) is 5.67. The molecule has 0 amide bonds. The smallest absolute Gasteiger partial charge is 0.338 e. The Bertz CT molecular complexity index is 454. The van der Waals surface area contributed by atoms with Crippen LogP contribution in [-0.4, -0.2) is 44.5 Å². The zero-order valence-corrected chi connectivity index (χ0v) is 10.8. The molecule has 0 radical (unpaired) electrons. The lowest BCUT2D eigenvalue weighted by molar-refractivity contribution is 0.0600. The van der Waals surface area contributed by atoms with Crippen LogP contribution >= 0.6 is 0 Å². The van der Waals surface area contributed by atoms with E-state index in [-0.39, 0.29) is 11.1 Å². The van der Waals surface area contributed by atoms with E-state index in [9.17, 15) is 9.59 Å². The van der Waals surface area contributed by atoms with Crippen molar-refractivity contribution in [1.82, 2.24) is 0 Å². The quantitative estimate of drug-likeness (QED) is 0.597. The van der Waals surface area contributed by atoms with E-state index >= 15 is 0 Å². The lowest BCUT2D eigenvalue weighted by Crippen LogP contribution is -2.07. The van der Waals surface area contributed by atoms with Gasteiger partial charge in [-0.15, -0.1) is 0 Å². The fourth-order valence-corrected chi connectivity index (χ4v) is 1.43. The number of benzene rings is 1. The molecule has 0 aliphatic rings. The summed E-state index contributed by atoms with van der Waals surface area (Å²) in [5.74, 6) is -1.42. The van der Waals surface area contributed by atoms with Crippen molar-refractivity contribution < 1.29 is 28.9 Å². The van der Waals surface area contributed by atoms with Gasteiger partial charge in [0.15, 0.2) is 0 Å². The molecule has 1 aromatic carbocycles. The number of hydrogen-bond acceptors (Lipinski definition) is 5. The minimum absolute atomic E-state index is 0.0235. The first-order valence-corrected chi connectivity index (χ1v) is 5.67.